The van der Waals surface area contributed by atoms with Crippen molar-refractivity contribution in [2.24, 2.45) is 0 Å². The summed E-state index contributed by atoms with van der Waals surface area (Å²) in [6, 6.07) is 0. The predicted molar refractivity (Wildman–Crippen MR) is 51.0 cm³/mol. The van der Waals surface area contributed by atoms with Crippen molar-refractivity contribution in [3.63, 3.8) is 0 Å². The van der Waals surface area contributed by atoms with Gasteiger partial charge in [0.2, 0.25) is 5.06 Å². The number of anilines is 1. The van der Waals surface area contributed by atoms with Gasteiger partial charge < -0.3 is 15.4 Å². The van der Waals surface area contributed by atoms with E-state index in [1.807, 2.05) is 0 Å². The highest BCUT2D eigenvalue weighted by Crippen LogP contribution is 2.28. The molecule has 2 N–H and O–H groups in total. The lowest BCUT2D eigenvalue weighted by atomic mass is 10.5. The van der Waals surface area contributed by atoms with Gasteiger partial charge in [0.05, 0.1) is 5.69 Å². The van der Waals surface area contributed by atoms with Crippen molar-refractivity contribution in [1.82, 2.24) is 9.88 Å². The van der Waals surface area contributed by atoms with Crippen molar-refractivity contribution in [3.8, 4) is 5.06 Å². The first kappa shape index (κ1) is 9.79. The van der Waals surface area contributed by atoms with E-state index in [0.29, 0.717) is 15.9 Å². The second-order valence-corrected chi connectivity index (χ2v) is 3.68. The van der Waals surface area contributed by atoms with Gasteiger partial charge in [-0.25, -0.2) is 9.78 Å². The van der Waals surface area contributed by atoms with Crippen LogP contribution in [0.25, 0.3) is 0 Å². The standard InChI is InChI=1S/C7H11N3O2S/c1-4-5(13-6(8)9-4)12-7(11)10(2)3/h1-3H3,(H2,8,9). The van der Waals surface area contributed by atoms with Crippen LogP contribution in [-0.4, -0.2) is 30.1 Å². The highest BCUT2D eigenvalue weighted by Gasteiger charge is 2.12. The zero-order valence-electron chi connectivity index (χ0n) is 7.70. The zero-order chi connectivity index (χ0) is 10.0. The molecule has 13 heavy (non-hydrogen) atoms. The molecule has 0 saturated carbocycles. The minimum atomic E-state index is -0.424. The lowest BCUT2D eigenvalue weighted by Crippen LogP contribution is -2.25. The summed E-state index contributed by atoms with van der Waals surface area (Å²) in [4.78, 5) is 16.4. The molecule has 72 valence electrons. The summed E-state index contributed by atoms with van der Waals surface area (Å²) in [6.07, 6.45) is -0.424. The molecule has 0 aromatic carbocycles. The Bertz CT molecular complexity index is 322. The van der Waals surface area contributed by atoms with E-state index < -0.39 is 6.09 Å². The van der Waals surface area contributed by atoms with E-state index in [4.69, 9.17) is 10.5 Å². The molecule has 1 heterocycles. The Hall–Kier alpha value is -1.30. The maximum Gasteiger partial charge on any atom is 0.415 e. The van der Waals surface area contributed by atoms with Crippen molar-refractivity contribution < 1.29 is 9.53 Å². The smallest absolute Gasteiger partial charge is 0.397 e. The summed E-state index contributed by atoms with van der Waals surface area (Å²) in [5.74, 6) is 0. The van der Waals surface area contributed by atoms with Crippen molar-refractivity contribution in [1.29, 1.82) is 0 Å². The summed E-state index contributed by atoms with van der Waals surface area (Å²) >= 11 is 1.16. The molecule has 0 aliphatic carbocycles. The van der Waals surface area contributed by atoms with E-state index >= 15 is 0 Å². The second kappa shape index (κ2) is 3.61. The number of carbonyl (C=O) groups excluding carboxylic acids is 1. The zero-order valence-corrected chi connectivity index (χ0v) is 8.51. The molecule has 0 saturated heterocycles. The Labute approximate surface area is 80.1 Å². The van der Waals surface area contributed by atoms with Gasteiger partial charge in [-0.1, -0.05) is 11.3 Å². The van der Waals surface area contributed by atoms with Crippen LogP contribution in [0.1, 0.15) is 5.69 Å². The number of hydrogen-bond acceptors (Lipinski definition) is 5. The van der Waals surface area contributed by atoms with Gasteiger partial charge in [0, 0.05) is 14.1 Å². The van der Waals surface area contributed by atoms with Gasteiger partial charge in [0.25, 0.3) is 0 Å². The fraction of sp³-hybridized carbons (Fsp3) is 0.429. The first-order valence-corrected chi connectivity index (χ1v) is 4.44. The third-order valence-corrected chi connectivity index (χ3v) is 2.18. The van der Waals surface area contributed by atoms with Gasteiger partial charge in [0.1, 0.15) is 0 Å². The lowest BCUT2D eigenvalue weighted by molar-refractivity contribution is 0.173. The third-order valence-electron chi connectivity index (χ3n) is 1.32. The van der Waals surface area contributed by atoms with Crippen LogP contribution in [0.2, 0.25) is 0 Å². The van der Waals surface area contributed by atoms with Gasteiger partial charge in [0.15, 0.2) is 5.13 Å². The van der Waals surface area contributed by atoms with Crippen molar-refractivity contribution >= 4 is 22.6 Å². The van der Waals surface area contributed by atoms with E-state index in [2.05, 4.69) is 4.98 Å². The Morgan fingerprint density at radius 3 is 2.62 bits per heavy atom. The first-order valence-electron chi connectivity index (χ1n) is 3.62. The number of aromatic nitrogens is 1. The summed E-state index contributed by atoms with van der Waals surface area (Å²) in [6.45, 7) is 1.74. The molecular weight excluding hydrogens is 190 g/mol. The van der Waals surface area contributed by atoms with E-state index in [-0.39, 0.29) is 0 Å². The minimum Gasteiger partial charge on any atom is -0.397 e. The normalized spacial score (nSPS) is 9.77. The molecule has 0 aliphatic heterocycles. The number of amides is 1. The quantitative estimate of drug-likeness (QED) is 0.738. The Morgan fingerprint density at radius 2 is 2.23 bits per heavy atom. The fourth-order valence-corrected chi connectivity index (χ4v) is 1.35. The van der Waals surface area contributed by atoms with Crippen LogP contribution in [0, 0.1) is 6.92 Å². The highest BCUT2D eigenvalue weighted by atomic mass is 32.1. The number of hydrogen-bond donors (Lipinski definition) is 1. The Kier molecular flexibility index (Phi) is 2.72. The SMILES string of the molecule is Cc1nc(N)sc1OC(=O)N(C)C. The molecule has 1 aromatic heterocycles. The first-order chi connectivity index (χ1) is 6.00. The van der Waals surface area contributed by atoms with Crippen LogP contribution in [0.3, 0.4) is 0 Å². The van der Waals surface area contributed by atoms with Crippen LogP contribution in [0.4, 0.5) is 9.93 Å². The van der Waals surface area contributed by atoms with Crippen molar-refractivity contribution in [2.75, 3.05) is 19.8 Å². The second-order valence-electron chi connectivity index (χ2n) is 2.69. The molecule has 5 nitrogen and oxygen atoms in total. The number of nitrogens with two attached hydrogens (primary N) is 1. The monoisotopic (exact) mass is 201 g/mol. The average molecular weight is 201 g/mol. The van der Waals surface area contributed by atoms with Crippen LogP contribution < -0.4 is 10.5 Å². The topological polar surface area (TPSA) is 68.5 Å². The number of carbonyl (C=O) groups is 1. The molecule has 1 rings (SSSR count). The van der Waals surface area contributed by atoms with Crippen LogP contribution >= 0.6 is 11.3 Å². The third kappa shape index (κ3) is 2.32. The van der Waals surface area contributed by atoms with Gasteiger partial charge >= 0.3 is 6.09 Å². The van der Waals surface area contributed by atoms with Crippen molar-refractivity contribution in [2.45, 2.75) is 6.92 Å². The average Bonchev–Trinajstić information content (AvgIpc) is 2.30. The largest absolute Gasteiger partial charge is 0.415 e. The minimum absolute atomic E-state index is 0.402. The molecule has 0 aliphatic rings. The van der Waals surface area contributed by atoms with E-state index in [0.717, 1.165) is 11.3 Å². The maximum atomic E-state index is 11.1. The number of nitrogen functional groups attached to an aromatic ring is 1. The molecule has 0 spiro atoms. The fourth-order valence-electron chi connectivity index (χ4n) is 0.668. The molecular formula is C7H11N3O2S. The molecule has 0 atom stereocenters. The summed E-state index contributed by atoms with van der Waals surface area (Å²) < 4.78 is 4.99. The Morgan fingerprint density at radius 1 is 1.62 bits per heavy atom. The van der Waals surface area contributed by atoms with Gasteiger partial charge in [-0.3, -0.25) is 0 Å². The number of aryl methyl sites for hydroxylation is 1. The van der Waals surface area contributed by atoms with Gasteiger partial charge in [-0.05, 0) is 6.92 Å². The van der Waals surface area contributed by atoms with Crippen LogP contribution in [0.15, 0.2) is 0 Å². The molecule has 0 fully saturated rings. The van der Waals surface area contributed by atoms with E-state index in [1.54, 1.807) is 21.0 Å². The van der Waals surface area contributed by atoms with Crippen LogP contribution in [0.5, 0.6) is 5.06 Å². The lowest BCUT2D eigenvalue weighted by Gasteiger charge is -2.08. The summed E-state index contributed by atoms with van der Waals surface area (Å²) in [5, 5.41) is 0.857. The van der Waals surface area contributed by atoms with Crippen LogP contribution in [-0.2, 0) is 0 Å². The highest BCUT2D eigenvalue weighted by molar-refractivity contribution is 7.17. The molecule has 1 aromatic rings. The predicted octanol–water partition coefficient (Wildman–Crippen LogP) is 1.09. The molecule has 1 amide bonds. The number of ether oxygens (including phenoxy) is 1. The van der Waals surface area contributed by atoms with E-state index in [9.17, 15) is 4.79 Å². The van der Waals surface area contributed by atoms with Gasteiger partial charge in [-0.2, -0.15) is 0 Å². The summed E-state index contributed by atoms with van der Waals surface area (Å²) in [7, 11) is 3.23. The van der Waals surface area contributed by atoms with Crippen molar-refractivity contribution in [3.05, 3.63) is 5.69 Å². The molecule has 0 unspecified atom stereocenters. The number of nitrogens with zero attached hydrogens (tertiary/aromatic N) is 2. The number of rotatable bonds is 1. The Balaban J connectivity index is 2.74. The van der Waals surface area contributed by atoms with Gasteiger partial charge in [-0.15, -0.1) is 0 Å². The molecule has 6 heteroatoms. The molecule has 0 bridgehead atoms. The summed E-state index contributed by atoms with van der Waals surface area (Å²) in [5.41, 5.74) is 6.07. The van der Waals surface area contributed by atoms with E-state index in [1.165, 1.54) is 4.90 Å². The maximum absolute atomic E-state index is 11.1. The number of thiazole rings is 1. The molecule has 0 radical (unpaired) electrons.